The SMILES string of the molecule is Cc1ccc(S(=O)(=O)C2=C(c3ccccc3)OC([C-]=C=C3CC(S(=O)(=O)c4ccc(C)cc4)C(c4ccccc4)=[O+]3)C2)cc1.[Pd].c1ccc([PH+](c2ccccc2)c2ccccc2)cc1. The third kappa shape index (κ3) is 10.6. The van der Waals surface area contributed by atoms with Crippen molar-refractivity contribution in [1.82, 2.24) is 0 Å². The van der Waals surface area contributed by atoms with Gasteiger partial charge in [0.2, 0.25) is 15.6 Å². The molecule has 7 aromatic rings. The van der Waals surface area contributed by atoms with Crippen LogP contribution >= 0.6 is 7.92 Å². The van der Waals surface area contributed by atoms with Gasteiger partial charge in [-0.05, 0) is 86.6 Å². The van der Waals surface area contributed by atoms with E-state index in [9.17, 15) is 16.8 Å². The van der Waals surface area contributed by atoms with Gasteiger partial charge in [-0.25, -0.2) is 22.6 Å². The van der Waals surface area contributed by atoms with Crippen LogP contribution in [0.5, 0.6) is 0 Å². The van der Waals surface area contributed by atoms with E-state index in [0.717, 1.165) is 11.1 Å². The molecule has 0 spiro atoms. The Kier molecular flexibility index (Phi) is 15.1. The Morgan fingerprint density at radius 3 is 1.44 bits per heavy atom. The van der Waals surface area contributed by atoms with Crippen molar-refractivity contribution in [2.75, 3.05) is 0 Å². The Hall–Kier alpha value is -5.74. The van der Waals surface area contributed by atoms with Gasteiger partial charge in [0.1, 0.15) is 21.7 Å². The molecule has 2 aliphatic rings. The minimum atomic E-state index is -3.86. The van der Waals surface area contributed by atoms with E-state index in [2.05, 4.69) is 103 Å². The number of hydrogen-bond acceptors (Lipinski definition) is 5. The van der Waals surface area contributed by atoms with Crippen LogP contribution in [0.1, 0.15) is 39.5 Å². The predicted octanol–water partition coefficient (Wildman–Crippen LogP) is 9.92. The van der Waals surface area contributed by atoms with Crippen LogP contribution in [0.3, 0.4) is 0 Å². The first-order chi connectivity index (χ1) is 30.6. The van der Waals surface area contributed by atoms with Crippen molar-refractivity contribution >= 4 is 55.1 Å². The summed E-state index contributed by atoms with van der Waals surface area (Å²) >= 11 is 0. The van der Waals surface area contributed by atoms with Crippen LogP contribution in [-0.4, -0.2) is 34.0 Å². The quantitative estimate of drug-likeness (QED) is 0.0448. The van der Waals surface area contributed by atoms with Gasteiger partial charge >= 0.3 is 5.78 Å². The molecule has 0 radical (unpaired) electrons. The van der Waals surface area contributed by atoms with Gasteiger partial charge in [-0.1, -0.05) is 139 Å². The summed E-state index contributed by atoms with van der Waals surface area (Å²) in [5.74, 6) is 0.858. The molecule has 0 bridgehead atoms. The van der Waals surface area contributed by atoms with Gasteiger partial charge in [-0.15, -0.1) is 0 Å². The summed E-state index contributed by atoms with van der Waals surface area (Å²) in [6.07, 6.45) is 2.35. The van der Waals surface area contributed by atoms with E-state index in [1.807, 2.05) is 62.4 Å². The number of carbonyl (C=O) groups excluding carboxylic acids is 1. The third-order valence-corrected chi connectivity index (χ3v) is 17.5. The summed E-state index contributed by atoms with van der Waals surface area (Å²) in [5, 5.41) is 3.34. The summed E-state index contributed by atoms with van der Waals surface area (Å²) in [6, 6.07) is 64.2. The molecule has 2 unspecified atom stereocenters. The number of ketones is 1. The van der Waals surface area contributed by atoms with E-state index in [4.69, 9.17) is 9.16 Å². The van der Waals surface area contributed by atoms with Gasteiger partial charge in [-0.3, -0.25) is 4.42 Å². The third-order valence-electron chi connectivity index (χ3n) is 10.8. The predicted molar refractivity (Wildman–Crippen MR) is 256 cm³/mol. The van der Waals surface area contributed by atoms with Gasteiger partial charge < -0.3 is 4.74 Å². The molecule has 0 saturated carbocycles. The smallest absolute Gasteiger partial charge is 0.331 e. The van der Waals surface area contributed by atoms with Crippen molar-refractivity contribution in [2.24, 2.45) is 0 Å². The summed E-state index contributed by atoms with van der Waals surface area (Å²) in [4.78, 5) is 0.546. The zero-order valence-corrected chi connectivity index (χ0v) is 39.4. The average molecular weight is 992 g/mol. The van der Waals surface area contributed by atoms with E-state index in [-0.39, 0.29) is 59.5 Å². The van der Waals surface area contributed by atoms with Gasteiger partial charge in [0, 0.05) is 38.8 Å². The molecular weight excluding hydrogens is 946 g/mol. The minimum Gasteiger partial charge on any atom is -0.502 e. The molecule has 0 aromatic heterocycles. The normalized spacial score (nSPS) is 15.9. The molecule has 0 aliphatic carbocycles. The first-order valence-electron chi connectivity index (χ1n) is 20.7. The van der Waals surface area contributed by atoms with Gasteiger partial charge in [-0.2, -0.15) is 6.08 Å². The van der Waals surface area contributed by atoms with E-state index >= 15 is 0 Å². The first-order valence-corrected chi connectivity index (χ1v) is 25.2. The zero-order valence-electron chi connectivity index (χ0n) is 35.2. The van der Waals surface area contributed by atoms with Crippen LogP contribution in [0.2, 0.25) is 0 Å². The van der Waals surface area contributed by atoms with E-state index in [0.29, 0.717) is 16.9 Å². The van der Waals surface area contributed by atoms with Crippen molar-refractivity contribution in [2.45, 2.75) is 47.8 Å². The fourth-order valence-electron chi connectivity index (χ4n) is 7.54. The van der Waals surface area contributed by atoms with Crippen LogP contribution < -0.4 is 15.9 Å². The van der Waals surface area contributed by atoms with Crippen LogP contribution in [0, 0.1) is 19.9 Å². The largest absolute Gasteiger partial charge is 0.502 e. The number of sulfone groups is 2. The number of ether oxygens (including phenoxy) is 1. The Bertz CT molecular complexity index is 2930. The average Bonchev–Trinajstić information content (AvgIpc) is 3.97. The fraction of sp³-hybridized carbons (Fsp3) is 0.111. The molecule has 10 heteroatoms. The molecule has 2 atom stereocenters. The van der Waals surface area contributed by atoms with Crippen LogP contribution in [0.15, 0.2) is 226 Å². The van der Waals surface area contributed by atoms with Crippen molar-refractivity contribution < 1.29 is 46.4 Å². The Morgan fingerprint density at radius 2 is 0.969 bits per heavy atom. The van der Waals surface area contributed by atoms with Crippen molar-refractivity contribution in [3.8, 4) is 0 Å². The molecule has 64 heavy (non-hydrogen) atoms. The molecule has 2 heterocycles. The van der Waals surface area contributed by atoms with Crippen molar-refractivity contribution in [1.29, 1.82) is 0 Å². The molecule has 0 amide bonds. The van der Waals surface area contributed by atoms with E-state index < -0.39 is 38.9 Å². The van der Waals surface area contributed by atoms with Crippen LogP contribution in [0.4, 0.5) is 0 Å². The maximum atomic E-state index is 13.8. The summed E-state index contributed by atoms with van der Waals surface area (Å²) < 4.78 is 67.4. The number of benzene rings is 7. The Morgan fingerprint density at radius 1 is 0.547 bits per heavy atom. The maximum Gasteiger partial charge on any atom is 0.331 e. The Labute approximate surface area is 391 Å². The summed E-state index contributed by atoms with van der Waals surface area (Å²) in [7, 11) is -8.54. The number of hydrogen-bond donors (Lipinski definition) is 0. The van der Waals surface area contributed by atoms with Gasteiger partial charge in [0.15, 0.2) is 15.1 Å². The Balaban J connectivity index is 0.000000255. The first kappa shape index (κ1) is 46.3. The van der Waals surface area contributed by atoms with Gasteiger partial charge in [0.05, 0.1) is 34.3 Å². The second-order valence-electron chi connectivity index (χ2n) is 15.3. The van der Waals surface area contributed by atoms with Crippen molar-refractivity contribution in [3.63, 3.8) is 0 Å². The van der Waals surface area contributed by atoms with Crippen LogP contribution in [0.25, 0.3) is 5.76 Å². The molecule has 7 aromatic carbocycles. The van der Waals surface area contributed by atoms with E-state index in [1.54, 1.807) is 60.7 Å². The second kappa shape index (κ2) is 20.8. The minimum absolute atomic E-state index is 0. The molecule has 0 N–H and O–H groups in total. The maximum absolute atomic E-state index is 13.8. The summed E-state index contributed by atoms with van der Waals surface area (Å²) in [5.41, 5.74) is 6.19. The topological polar surface area (TPSA) is 88.8 Å². The van der Waals surface area contributed by atoms with Crippen LogP contribution in [-0.2, 0) is 44.8 Å². The molecule has 9 rings (SSSR count). The van der Waals surface area contributed by atoms with Crippen molar-refractivity contribution in [3.05, 3.63) is 245 Å². The van der Waals surface area contributed by atoms with Gasteiger partial charge in [0.25, 0.3) is 0 Å². The standard InChI is InChI=1S/C36H30O6S2.C18H15P.Pd/c1-25-13-19-31(20-14-25)43(37,38)33-23-29(41-35(33)27-9-5-3-6-10-27)17-18-30-24-34(36(42-30)28-11-7-4-8-12-28)44(39,40)32-21-15-26(2)16-22-32;1-4-10-16(11-5-1)19(17-12-6-2-7-13-17)18-14-8-3-9-15-18;/h3-16,19-22,29,34H,23-24H2,1-2H3;1-15H;/p+1. The fourth-order valence-corrected chi connectivity index (χ4v) is 13.4. The molecular formula is C54H46O6PPdS2+. The zero-order chi connectivity index (χ0) is 43.8. The monoisotopic (exact) mass is 991 g/mol. The molecule has 324 valence electrons. The molecule has 0 saturated heterocycles. The number of aryl methyl sites for hydroxylation is 2. The summed E-state index contributed by atoms with van der Waals surface area (Å²) in [6.45, 7) is 3.80. The molecule has 0 fully saturated rings. The molecule has 6 nitrogen and oxygen atoms in total. The molecule has 2 aliphatic heterocycles. The van der Waals surface area contributed by atoms with E-state index in [1.165, 1.54) is 15.9 Å². The second-order valence-corrected chi connectivity index (χ2v) is 21.9. The number of rotatable bonds is 10.